The predicted molar refractivity (Wildman–Crippen MR) is 108 cm³/mol. The van der Waals surface area contributed by atoms with Crippen LogP contribution in [0.3, 0.4) is 0 Å². The van der Waals surface area contributed by atoms with Crippen LogP contribution in [0, 0.1) is 0 Å². The van der Waals surface area contributed by atoms with E-state index in [1.54, 1.807) is 0 Å². The Balaban J connectivity index is 1.66. The van der Waals surface area contributed by atoms with Gasteiger partial charge in [0.2, 0.25) is 0 Å². The molecular weight excluding hydrogens is 340 g/mol. The molecular formula is C23H28O4. The van der Waals surface area contributed by atoms with Crippen molar-refractivity contribution >= 4 is 0 Å². The summed E-state index contributed by atoms with van der Waals surface area (Å²) in [7, 11) is 0. The number of rotatable bonds is 14. The molecule has 0 heterocycles. The van der Waals surface area contributed by atoms with Crippen LogP contribution < -0.4 is 9.47 Å². The number of aryl methyl sites for hydroxylation is 2. The fourth-order valence-corrected chi connectivity index (χ4v) is 2.58. The van der Waals surface area contributed by atoms with Gasteiger partial charge in [-0.25, -0.2) is 0 Å². The van der Waals surface area contributed by atoms with E-state index < -0.39 is 0 Å². The van der Waals surface area contributed by atoms with Crippen molar-refractivity contribution in [1.29, 1.82) is 0 Å². The Kier molecular flexibility index (Phi) is 9.44. The lowest BCUT2D eigenvalue weighted by atomic mass is 10.0. The molecule has 0 aliphatic rings. The molecule has 27 heavy (non-hydrogen) atoms. The molecule has 0 unspecified atom stereocenters. The van der Waals surface area contributed by atoms with Crippen molar-refractivity contribution in [1.82, 2.24) is 0 Å². The van der Waals surface area contributed by atoms with Gasteiger partial charge in [-0.3, -0.25) is 0 Å². The average Bonchev–Trinajstić information content (AvgIpc) is 2.71. The molecule has 0 aromatic heterocycles. The fourth-order valence-electron chi connectivity index (χ4n) is 2.58. The van der Waals surface area contributed by atoms with Crippen LogP contribution in [0.25, 0.3) is 0 Å². The molecule has 0 amide bonds. The second kappa shape index (κ2) is 12.5. The fraction of sp³-hybridized carbons (Fsp3) is 0.304. The zero-order valence-electron chi connectivity index (χ0n) is 15.8. The van der Waals surface area contributed by atoms with Crippen LogP contribution in [0.5, 0.6) is 11.5 Å². The molecule has 4 nitrogen and oxygen atoms in total. The smallest absolute Gasteiger partial charge is 0.122 e. The first-order valence-corrected chi connectivity index (χ1v) is 9.20. The molecule has 0 aliphatic heterocycles. The van der Waals surface area contributed by atoms with E-state index in [2.05, 4.69) is 37.4 Å². The molecule has 2 aromatic carbocycles. The Morgan fingerprint density at radius 3 is 1.37 bits per heavy atom. The van der Waals surface area contributed by atoms with E-state index in [0.717, 1.165) is 30.8 Å². The van der Waals surface area contributed by atoms with E-state index >= 15 is 0 Å². The largest absolute Gasteiger partial charge is 0.498 e. The summed E-state index contributed by atoms with van der Waals surface area (Å²) in [6.07, 6.45) is 6.02. The molecule has 144 valence electrons. The maximum atomic E-state index is 5.59. The van der Waals surface area contributed by atoms with Crippen molar-refractivity contribution in [3.05, 3.63) is 85.3 Å². The van der Waals surface area contributed by atoms with Crippen LogP contribution in [-0.4, -0.2) is 26.4 Å². The van der Waals surface area contributed by atoms with Crippen molar-refractivity contribution in [3.63, 3.8) is 0 Å². The van der Waals surface area contributed by atoms with Crippen LogP contribution in [0.1, 0.15) is 17.5 Å². The van der Waals surface area contributed by atoms with Gasteiger partial charge in [0.15, 0.2) is 0 Å². The average molecular weight is 368 g/mol. The summed E-state index contributed by atoms with van der Waals surface area (Å²) in [5, 5.41) is 0. The van der Waals surface area contributed by atoms with Crippen molar-refractivity contribution in [3.8, 4) is 11.5 Å². The Morgan fingerprint density at radius 1 is 0.593 bits per heavy atom. The highest BCUT2D eigenvalue weighted by Gasteiger charge is 1.99. The third-order valence-corrected chi connectivity index (χ3v) is 3.95. The van der Waals surface area contributed by atoms with Gasteiger partial charge >= 0.3 is 0 Å². The Morgan fingerprint density at radius 2 is 1.00 bits per heavy atom. The van der Waals surface area contributed by atoms with Crippen LogP contribution >= 0.6 is 0 Å². The molecule has 0 saturated carbocycles. The van der Waals surface area contributed by atoms with Gasteiger partial charge < -0.3 is 18.9 Å². The zero-order valence-corrected chi connectivity index (χ0v) is 15.8. The second-order valence-electron chi connectivity index (χ2n) is 5.91. The standard InChI is InChI=1S/C23H28O4/c1-3-24-16-18-26-22-12-8-20(9-13-22)6-5-7-21-10-14-23(15-11-21)27-19-17-25-4-2/h3-4,8-15H,1-2,5-7,16-19H2. The molecule has 4 heteroatoms. The van der Waals surface area contributed by atoms with E-state index in [0.29, 0.717) is 26.4 Å². The second-order valence-corrected chi connectivity index (χ2v) is 5.91. The molecule has 2 rings (SSSR count). The highest BCUT2D eigenvalue weighted by Crippen LogP contribution is 2.16. The topological polar surface area (TPSA) is 36.9 Å². The molecule has 0 fully saturated rings. The van der Waals surface area contributed by atoms with Gasteiger partial charge in [-0.2, -0.15) is 0 Å². The lowest BCUT2D eigenvalue weighted by molar-refractivity contribution is 0.179. The number of benzene rings is 2. The van der Waals surface area contributed by atoms with Gasteiger partial charge in [-0.1, -0.05) is 37.4 Å². The summed E-state index contributed by atoms with van der Waals surface area (Å²) in [5.74, 6) is 1.72. The first kappa shape index (κ1) is 20.4. The molecule has 0 N–H and O–H groups in total. The first-order valence-electron chi connectivity index (χ1n) is 9.20. The highest BCUT2D eigenvalue weighted by atomic mass is 16.5. The molecule has 0 saturated heterocycles. The summed E-state index contributed by atoms with van der Waals surface area (Å²) in [4.78, 5) is 0. The third kappa shape index (κ3) is 8.36. The minimum absolute atomic E-state index is 0.512. The van der Waals surface area contributed by atoms with Crippen LogP contribution in [0.15, 0.2) is 74.2 Å². The maximum Gasteiger partial charge on any atom is 0.122 e. The zero-order chi connectivity index (χ0) is 19.2. The molecule has 0 radical (unpaired) electrons. The van der Waals surface area contributed by atoms with E-state index in [1.165, 1.54) is 23.7 Å². The van der Waals surface area contributed by atoms with Gasteiger partial charge in [0.1, 0.15) is 37.9 Å². The summed E-state index contributed by atoms with van der Waals surface area (Å²) < 4.78 is 21.2. The minimum Gasteiger partial charge on any atom is -0.498 e. The Bertz CT molecular complexity index is 602. The maximum absolute atomic E-state index is 5.59. The Hall–Kier alpha value is -2.88. The van der Waals surface area contributed by atoms with E-state index in [4.69, 9.17) is 18.9 Å². The van der Waals surface area contributed by atoms with E-state index in [1.807, 2.05) is 24.3 Å². The van der Waals surface area contributed by atoms with E-state index in [9.17, 15) is 0 Å². The normalized spacial score (nSPS) is 10.1. The van der Waals surface area contributed by atoms with Crippen molar-refractivity contribution < 1.29 is 18.9 Å². The lowest BCUT2D eigenvalue weighted by Crippen LogP contribution is -2.03. The summed E-state index contributed by atoms with van der Waals surface area (Å²) in [5.41, 5.74) is 2.62. The van der Waals surface area contributed by atoms with Gasteiger partial charge in [0.05, 0.1) is 12.5 Å². The number of hydrogen-bond acceptors (Lipinski definition) is 4. The molecule has 0 atom stereocenters. The summed E-state index contributed by atoms with van der Waals surface area (Å²) >= 11 is 0. The molecule has 0 bridgehead atoms. The molecule has 0 spiro atoms. The molecule has 2 aromatic rings. The first-order chi connectivity index (χ1) is 13.3. The van der Waals surface area contributed by atoms with Crippen molar-refractivity contribution in [2.24, 2.45) is 0 Å². The quantitative estimate of drug-likeness (QED) is 0.350. The molecule has 0 aliphatic carbocycles. The van der Waals surface area contributed by atoms with Crippen LogP contribution in [-0.2, 0) is 22.3 Å². The van der Waals surface area contributed by atoms with Gasteiger partial charge in [0, 0.05) is 0 Å². The number of hydrogen-bond donors (Lipinski definition) is 0. The van der Waals surface area contributed by atoms with Gasteiger partial charge in [0.25, 0.3) is 0 Å². The van der Waals surface area contributed by atoms with Gasteiger partial charge in [-0.05, 0) is 54.7 Å². The summed E-state index contributed by atoms with van der Waals surface area (Å²) in [6, 6.07) is 16.5. The minimum atomic E-state index is 0.512. The van der Waals surface area contributed by atoms with Crippen molar-refractivity contribution in [2.75, 3.05) is 26.4 Å². The SMILES string of the molecule is C=COCCOc1ccc(CCCc2ccc(OCCOC=C)cc2)cc1. The number of ether oxygens (including phenoxy) is 4. The highest BCUT2D eigenvalue weighted by molar-refractivity contribution is 5.29. The monoisotopic (exact) mass is 368 g/mol. The van der Waals surface area contributed by atoms with Gasteiger partial charge in [-0.15, -0.1) is 0 Å². The Labute approximate surface area is 162 Å². The lowest BCUT2D eigenvalue weighted by Gasteiger charge is -2.08. The summed E-state index contributed by atoms with van der Waals surface area (Å²) in [6.45, 7) is 9.06. The predicted octanol–water partition coefficient (Wildman–Crippen LogP) is 4.94. The van der Waals surface area contributed by atoms with Crippen molar-refractivity contribution in [2.45, 2.75) is 19.3 Å². The van der Waals surface area contributed by atoms with Crippen LogP contribution in [0.4, 0.5) is 0 Å². The van der Waals surface area contributed by atoms with E-state index in [-0.39, 0.29) is 0 Å². The van der Waals surface area contributed by atoms with Crippen LogP contribution in [0.2, 0.25) is 0 Å². The third-order valence-electron chi connectivity index (χ3n) is 3.95.